The van der Waals surface area contributed by atoms with Gasteiger partial charge in [-0.3, -0.25) is 9.59 Å². The minimum Gasteiger partial charge on any atom is -0.339 e. The zero-order valence-electron chi connectivity index (χ0n) is 16.4. The molecule has 2 amide bonds. The lowest BCUT2D eigenvalue weighted by molar-refractivity contribution is -0.131. The third-order valence-electron chi connectivity index (χ3n) is 4.94. The summed E-state index contributed by atoms with van der Waals surface area (Å²) in [4.78, 5) is 26.8. The number of amides is 2. The van der Waals surface area contributed by atoms with Crippen LogP contribution in [0.2, 0.25) is 5.02 Å². The molecule has 0 spiro atoms. The number of benzene rings is 3. The van der Waals surface area contributed by atoms with E-state index < -0.39 is 0 Å². The Morgan fingerprint density at radius 2 is 1.66 bits per heavy atom. The molecule has 3 aromatic rings. The van der Waals surface area contributed by atoms with Crippen LogP contribution in [-0.2, 0) is 11.2 Å². The van der Waals surface area contributed by atoms with Crippen molar-refractivity contribution in [1.82, 2.24) is 4.90 Å². The third-order valence-corrected chi connectivity index (χ3v) is 5.31. The van der Waals surface area contributed by atoms with Crippen molar-refractivity contribution in [3.8, 4) is 0 Å². The van der Waals surface area contributed by atoms with Crippen LogP contribution < -0.4 is 5.32 Å². The first-order chi connectivity index (χ1) is 14.0. The van der Waals surface area contributed by atoms with Gasteiger partial charge in [-0.1, -0.05) is 60.1 Å². The monoisotopic (exact) mass is 406 g/mol. The molecule has 0 saturated heterocycles. The maximum Gasteiger partial charge on any atom is 0.255 e. The fraction of sp³-hybridized carbons (Fsp3) is 0.167. The smallest absolute Gasteiger partial charge is 0.255 e. The van der Waals surface area contributed by atoms with Crippen molar-refractivity contribution < 1.29 is 9.59 Å². The molecule has 1 unspecified atom stereocenters. The molecule has 0 aliphatic carbocycles. The maximum absolute atomic E-state index is 12.7. The second-order valence-electron chi connectivity index (χ2n) is 6.89. The predicted octanol–water partition coefficient (Wildman–Crippen LogP) is 5.35. The van der Waals surface area contributed by atoms with E-state index in [1.54, 1.807) is 30.1 Å². The van der Waals surface area contributed by atoms with Crippen LogP contribution in [0, 0.1) is 0 Å². The summed E-state index contributed by atoms with van der Waals surface area (Å²) >= 11 is 6.18. The second-order valence-corrected chi connectivity index (χ2v) is 7.30. The molecule has 3 rings (SSSR count). The van der Waals surface area contributed by atoms with E-state index in [-0.39, 0.29) is 24.3 Å². The van der Waals surface area contributed by atoms with Crippen molar-refractivity contribution in [3.63, 3.8) is 0 Å². The number of hydrogen-bond acceptors (Lipinski definition) is 2. The molecule has 148 valence electrons. The largest absolute Gasteiger partial charge is 0.339 e. The lowest BCUT2D eigenvalue weighted by atomic mass is 10.0. The van der Waals surface area contributed by atoms with Crippen LogP contribution in [0.4, 0.5) is 5.69 Å². The van der Waals surface area contributed by atoms with Gasteiger partial charge in [0.25, 0.3) is 5.91 Å². The van der Waals surface area contributed by atoms with E-state index in [9.17, 15) is 9.59 Å². The van der Waals surface area contributed by atoms with Gasteiger partial charge in [-0.25, -0.2) is 0 Å². The first-order valence-corrected chi connectivity index (χ1v) is 9.79. The first kappa shape index (κ1) is 20.6. The summed E-state index contributed by atoms with van der Waals surface area (Å²) in [6, 6.07) is 23.8. The van der Waals surface area contributed by atoms with Gasteiger partial charge in [0.1, 0.15) is 0 Å². The Kier molecular flexibility index (Phi) is 6.68. The Hall–Kier alpha value is -3.11. The van der Waals surface area contributed by atoms with Gasteiger partial charge in [0.05, 0.1) is 12.5 Å². The summed E-state index contributed by atoms with van der Waals surface area (Å²) in [5, 5.41) is 3.50. The van der Waals surface area contributed by atoms with Crippen molar-refractivity contribution in [2.45, 2.75) is 19.4 Å². The fourth-order valence-corrected chi connectivity index (χ4v) is 3.24. The molecule has 29 heavy (non-hydrogen) atoms. The number of hydrogen-bond donors (Lipinski definition) is 1. The molecular weight excluding hydrogens is 384 g/mol. The highest BCUT2D eigenvalue weighted by Crippen LogP contribution is 2.24. The summed E-state index contributed by atoms with van der Waals surface area (Å²) in [6.07, 6.45) is 0.241. The SMILES string of the molecule is CC(c1cccc(NC(=O)c2ccccc2)c1)N(C)C(=O)Cc1ccccc1Cl. The number of halogens is 1. The van der Waals surface area contributed by atoms with E-state index in [2.05, 4.69) is 5.32 Å². The molecule has 0 fully saturated rings. The molecule has 4 nitrogen and oxygen atoms in total. The molecule has 3 aromatic carbocycles. The second kappa shape index (κ2) is 9.39. The number of anilines is 1. The molecule has 0 saturated carbocycles. The van der Waals surface area contributed by atoms with Crippen molar-refractivity contribution >= 4 is 29.1 Å². The minimum atomic E-state index is -0.168. The fourth-order valence-electron chi connectivity index (χ4n) is 3.04. The molecule has 1 N–H and O–H groups in total. The van der Waals surface area contributed by atoms with E-state index in [4.69, 9.17) is 11.6 Å². The van der Waals surface area contributed by atoms with Gasteiger partial charge in [-0.05, 0) is 48.4 Å². The van der Waals surface area contributed by atoms with E-state index in [1.807, 2.05) is 67.6 Å². The highest BCUT2D eigenvalue weighted by Gasteiger charge is 2.19. The van der Waals surface area contributed by atoms with E-state index in [1.165, 1.54) is 0 Å². The topological polar surface area (TPSA) is 49.4 Å². The van der Waals surface area contributed by atoms with E-state index >= 15 is 0 Å². The van der Waals surface area contributed by atoms with Crippen molar-refractivity contribution in [3.05, 3.63) is 101 Å². The van der Waals surface area contributed by atoms with Gasteiger partial charge in [0.2, 0.25) is 5.91 Å². The molecule has 1 atom stereocenters. The normalized spacial score (nSPS) is 11.6. The van der Waals surface area contributed by atoms with E-state index in [0.717, 1.165) is 11.1 Å². The summed E-state index contributed by atoms with van der Waals surface area (Å²) in [5.41, 5.74) is 3.03. The van der Waals surface area contributed by atoms with Crippen LogP contribution in [0.5, 0.6) is 0 Å². The quantitative estimate of drug-likeness (QED) is 0.599. The van der Waals surface area contributed by atoms with Gasteiger partial charge in [-0.2, -0.15) is 0 Å². The van der Waals surface area contributed by atoms with Crippen LogP contribution in [-0.4, -0.2) is 23.8 Å². The zero-order chi connectivity index (χ0) is 20.8. The lowest BCUT2D eigenvalue weighted by Gasteiger charge is -2.26. The number of carbonyl (C=O) groups excluding carboxylic acids is 2. The summed E-state index contributed by atoms with van der Waals surface area (Å²) in [5.74, 6) is -0.192. The van der Waals surface area contributed by atoms with Gasteiger partial charge in [-0.15, -0.1) is 0 Å². The molecular formula is C24H23ClN2O2. The maximum atomic E-state index is 12.7. The van der Waals surface area contributed by atoms with Crippen LogP contribution in [0.15, 0.2) is 78.9 Å². The molecule has 0 aliphatic rings. The van der Waals surface area contributed by atoms with Crippen molar-refractivity contribution in [2.24, 2.45) is 0 Å². The van der Waals surface area contributed by atoms with Gasteiger partial charge in [0, 0.05) is 23.3 Å². The standard InChI is InChI=1S/C24H23ClN2O2/c1-17(27(2)23(28)16-20-11-6-7-14-22(20)25)19-12-8-13-21(15-19)26-24(29)18-9-4-3-5-10-18/h3-15,17H,16H2,1-2H3,(H,26,29). The third kappa shape index (κ3) is 5.24. The Labute approximate surface area is 176 Å². The Bertz CT molecular complexity index is 1000. The van der Waals surface area contributed by atoms with Crippen molar-refractivity contribution in [1.29, 1.82) is 0 Å². The molecule has 0 aliphatic heterocycles. The minimum absolute atomic E-state index is 0.0238. The lowest BCUT2D eigenvalue weighted by Crippen LogP contribution is -2.31. The van der Waals surface area contributed by atoms with Gasteiger partial charge < -0.3 is 10.2 Å². The summed E-state index contributed by atoms with van der Waals surface area (Å²) in [6.45, 7) is 1.96. The molecule has 0 aromatic heterocycles. The molecule has 0 heterocycles. The van der Waals surface area contributed by atoms with Gasteiger partial charge in [0.15, 0.2) is 0 Å². The van der Waals surface area contributed by atoms with E-state index in [0.29, 0.717) is 16.3 Å². The Balaban J connectivity index is 1.69. The number of rotatable bonds is 6. The molecule has 0 radical (unpaired) electrons. The zero-order valence-corrected chi connectivity index (χ0v) is 17.2. The van der Waals surface area contributed by atoms with Gasteiger partial charge >= 0.3 is 0 Å². The molecule has 0 bridgehead atoms. The summed E-state index contributed by atoms with van der Waals surface area (Å²) in [7, 11) is 1.78. The van der Waals surface area contributed by atoms with Crippen LogP contribution in [0.1, 0.15) is 34.5 Å². The number of nitrogens with one attached hydrogen (secondary N) is 1. The average molecular weight is 407 g/mol. The Morgan fingerprint density at radius 3 is 2.38 bits per heavy atom. The van der Waals surface area contributed by atoms with Crippen LogP contribution in [0.25, 0.3) is 0 Å². The van der Waals surface area contributed by atoms with Crippen LogP contribution >= 0.6 is 11.6 Å². The average Bonchev–Trinajstić information content (AvgIpc) is 2.75. The highest BCUT2D eigenvalue weighted by atomic mass is 35.5. The first-order valence-electron chi connectivity index (χ1n) is 9.41. The predicted molar refractivity (Wildman–Crippen MR) is 117 cm³/mol. The molecule has 5 heteroatoms. The summed E-state index contributed by atoms with van der Waals surface area (Å²) < 4.78 is 0. The number of likely N-dealkylation sites (N-methyl/N-ethyl adjacent to an activating group) is 1. The Morgan fingerprint density at radius 1 is 0.966 bits per heavy atom. The highest BCUT2D eigenvalue weighted by molar-refractivity contribution is 6.31. The number of carbonyl (C=O) groups is 2. The number of nitrogens with zero attached hydrogens (tertiary/aromatic N) is 1. The van der Waals surface area contributed by atoms with Crippen molar-refractivity contribution in [2.75, 3.05) is 12.4 Å². The van der Waals surface area contributed by atoms with Crippen LogP contribution in [0.3, 0.4) is 0 Å².